The lowest BCUT2D eigenvalue weighted by atomic mass is 9.97. The van der Waals surface area contributed by atoms with E-state index in [0.717, 1.165) is 0 Å². The van der Waals surface area contributed by atoms with Gasteiger partial charge < -0.3 is 4.90 Å². The van der Waals surface area contributed by atoms with E-state index in [1.54, 1.807) is 30.3 Å². The Bertz CT molecular complexity index is 389. The minimum atomic E-state index is -0.501. The van der Waals surface area contributed by atoms with Crippen molar-refractivity contribution in [2.24, 2.45) is 5.92 Å². The molecule has 1 aliphatic rings. The van der Waals surface area contributed by atoms with E-state index in [0.29, 0.717) is 18.5 Å². The summed E-state index contributed by atoms with van der Waals surface area (Å²) in [5, 5.41) is 0. The van der Waals surface area contributed by atoms with Gasteiger partial charge in [-0.3, -0.25) is 14.6 Å². The van der Waals surface area contributed by atoms with E-state index in [1.165, 1.54) is 6.20 Å². The summed E-state index contributed by atoms with van der Waals surface area (Å²) in [6, 6.07) is 3.40. The third-order valence-electron chi connectivity index (χ3n) is 2.69. The fraction of sp³-hybridized carbons (Fsp3) is 0.364. The highest BCUT2D eigenvalue weighted by Gasteiger charge is 2.35. The number of Topliss-reactive ketones (excluding diaryl/α,β-unsaturated/α-hetero) is 1. The van der Waals surface area contributed by atoms with Crippen LogP contribution in [0.25, 0.3) is 0 Å². The Balaban J connectivity index is 2.20. The summed E-state index contributed by atoms with van der Waals surface area (Å²) in [6.07, 6.45) is 3.73. The van der Waals surface area contributed by atoms with Gasteiger partial charge in [-0.25, -0.2) is 0 Å². The van der Waals surface area contributed by atoms with Gasteiger partial charge in [-0.2, -0.15) is 0 Å². The van der Waals surface area contributed by atoms with Gasteiger partial charge >= 0.3 is 0 Å². The van der Waals surface area contributed by atoms with Gasteiger partial charge in [0.25, 0.3) is 0 Å². The van der Waals surface area contributed by atoms with Crippen LogP contribution in [-0.4, -0.2) is 35.2 Å². The highest BCUT2D eigenvalue weighted by molar-refractivity contribution is 6.10. The number of aromatic nitrogens is 1. The minimum Gasteiger partial charge on any atom is -0.345 e. The summed E-state index contributed by atoms with van der Waals surface area (Å²) in [7, 11) is 1.72. The second-order valence-electron chi connectivity index (χ2n) is 3.71. The Hall–Kier alpha value is -1.71. The molecule has 0 aromatic carbocycles. The zero-order valence-electron chi connectivity index (χ0n) is 8.51. The molecule has 0 aliphatic carbocycles. The molecule has 1 aliphatic heterocycles. The lowest BCUT2D eigenvalue weighted by Gasteiger charge is -2.08. The molecule has 1 fully saturated rings. The quantitative estimate of drug-likeness (QED) is 0.527. The maximum absolute atomic E-state index is 11.9. The van der Waals surface area contributed by atoms with Crippen LogP contribution in [-0.2, 0) is 4.79 Å². The summed E-state index contributed by atoms with van der Waals surface area (Å²) in [5.41, 5.74) is 0.520. The van der Waals surface area contributed by atoms with E-state index >= 15 is 0 Å². The van der Waals surface area contributed by atoms with E-state index in [2.05, 4.69) is 4.98 Å². The third kappa shape index (κ3) is 1.75. The summed E-state index contributed by atoms with van der Waals surface area (Å²) in [4.78, 5) is 29.0. The topological polar surface area (TPSA) is 50.3 Å². The molecule has 78 valence electrons. The summed E-state index contributed by atoms with van der Waals surface area (Å²) in [5.74, 6) is -0.694. The van der Waals surface area contributed by atoms with Gasteiger partial charge in [0.2, 0.25) is 5.91 Å². The Labute approximate surface area is 87.9 Å². The first kappa shape index (κ1) is 9.83. The van der Waals surface area contributed by atoms with Crippen LogP contribution in [0.2, 0.25) is 0 Å². The summed E-state index contributed by atoms with van der Waals surface area (Å²) >= 11 is 0. The van der Waals surface area contributed by atoms with Crippen LogP contribution in [0.5, 0.6) is 0 Å². The molecule has 0 bridgehead atoms. The standard InChI is InChI=1S/C11H12N2O2/c1-13-6-4-9(11(13)15)10(14)8-3-2-5-12-7-8/h2-3,5,7,9H,4,6H2,1H3/t9-/m1/s1. The number of ketones is 1. The second-order valence-corrected chi connectivity index (χ2v) is 3.71. The molecule has 1 atom stereocenters. The van der Waals surface area contributed by atoms with Crippen LogP contribution >= 0.6 is 0 Å². The lowest BCUT2D eigenvalue weighted by molar-refractivity contribution is -0.128. The van der Waals surface area contributed by atoms with E-state index < -0.39 is 5.92 Å². The molecule has 1 aromatic heterocycles. The fourth-order valence-corrected chi connectivity index (χ4v) is 1.78. The highest BCUT2D eigenvalue weighted by atomic mass is 16.2. The summed E-state index contributed by atoms with van der Waals surface area (Å²) < 4.78 is 0. The summed E-state index contributed by atoms with van der Waals surface area (Å²) in [6.45, 7) is 0.662. The number of rotatable bonds is 2. The monoisotopic (exact) mass is 204 g/mol. The van der Waals surface area contributed by atoms with Gasteiger partial charge in [-0.1, -0.05) is 0 Å². The number of amides is 1. The number of likely N-dealkylation sites (tertiary alicyclic amines) is 1. The van der Waals surface area contributed by atoms with E-state index in [9.17, 15) is 9.59 Å². The van der Waals surface area contributed by atoms with Crippen molar-refractivity contribution in [3.8, 4) is 0 Å². The SMILES string of the molecule is CN1CC[C@H](C(=O)c2cccnc2)C1=O. The zero-order chi connectivity index (χ0) is 10.8. The van der Waals surface area contributed by atoms with Crippen LogP contribution < -0.4 is 0 Å². The van der Waals surface area contributed by atoms with E-state index in [-0.39, 0.29) is 11.7 Å². The van der Waals surface area contributed by atoms with Gasteiger partial charge in [0.15, 0.2) is 5.78 Å². The molecule has 0 unspecified atom stereocenters. The number of hydrogen-bond acceptors (Lipinski definition) is 3. The molecule has 15 heavy (non-hydrogen) atoms. The molecule has 1 amide bonds. The van der Waals surface area contributed by atoms with Crippen molar-refractivity contribution >= 4 is 11.7 Å². The molecule has 0 spiro atoms. The van der Waals surface area contributed by atoms with Crippen molar-refractivity contribution in [3.63, 3.8) is 0 Å². The lowest BCUT2D eigenvalue weighted by Crippen LogP contribution is -2.27. The second kappa shape index (κ2) is 3.81. The van der Waals surface area contributed by atoms with Gasteiger partial charge in [0, 0.05) is 31.5 Å². The number of carbonyl (C=O) groups excluding carboxylic acids is 2. The predicted octanol–water partition coefficient (Wildman–Crippen LogP) is 0.743. The van der Waals surface area contributed by atoms with Crippen molar-refractivity contribution in [3.05, 3.63) is 30.1 Å². The third-order valence-corrected chi connectivity index (χ3v) is 2.69. The normalized spacial score (nSPS) is 20.7. The predicted molar refractivity (Wildman–Crippen MR) is 54.3 cm³/mol. The molecule has 4 heteroatoms. The van der Waals surface area contributed by atoms with Crippen molar-refractivity contribution < 1.29 is 9.59 Å². The van der Waals surface area contributed by atoms with E-state index in [4.69, 9.17) is 0 Å². The number of carbonyl (C=O) groups is 2. The Morgan fingerprint density at radius 3 is 2.93 bits per heavy atom. The average Bonchev–Trinajstić information content (AvgIpc) is 2.60. The number of pyridine rings is 1. The zero-order valence-corrected chi connectivity index (χ0v) is 8.51. The molecule has 2 rings (SSSR count). The minimum absolute atomic E-state index is 0.0798. The van der Waals surface area contributed by atoms with Crippen molar-refractivity contribution in [1.82, 2.24) is 9.88 Å². The Morgan fingerprint density at radius 1 is 1.60 bits per heavy atom. The molecule has 0 radical (unpaired) electrons. The van der Waals surface area contributed by atoms with E-state index in [1.807, 2.05) is 0 Å². The van der Waals surface area contributed by atoms with Crippen LogP contribution in [0.4, 0.5) is 0 Å². The highest BCUT2D eigenvalue weighted by Crippen LogP contribution is 2.20. The average molecular weight is 204 g/mol. The first-order valence-corrected chi connectivity index (χ1v) is 4.89. The number of hydrogen-bond donors (Lipinski definition) is 0. The van der Waals surface area contributed by atoms with Gasteiger partial charge in [-0.15, -0.1) is 0 Å². The van der Waals surface area contributed by atoms with Crippen molar-refractivity contribution in [2.75, 3.05) is 13.6 Å². The Morgan fingerprint density at radius 2 is 2.40 bits per heavy atom. The maximum Gasteiger partial charge on any atom is 0.233 e. The van der Waals surface area contributed by atoms with Crippen LogP contribution in [0.1, 0.15) is 16.8 Å². The first-order chi connectivity index (χ1) is 7.20. The largest absolute Gasteiger partial charge is 0.345 e. The molecule has 4 nitrogen and oxygen atoms in total. The van der Waals surface area contributed by atoms with Crippen LogP contribution in [0.3, 0.4) is 0 Å². The van der Waals surface area contributed by atoms with Crippen molar-refractivity contribution in [1.29, 1.82) is 0 Å². The smallest absolute Gasteiger partial charge is 0.233 e. The first-order valence-electron chi connectivity index (χ1n) is 4.89. The van der Waals surface area contributed by atoms with Crippen LogP contribution in [0.15, 0.2) is 24.5 Å². The number of nitrogens with zero attached hydrogens (tertiary/aromatic N) is 2. The van der Waals surface area contributed by atoms with Crippen molar-refractivity contribution in [2.45, 2.75) is 6.42 Å². The molecule has 1 saturated heterocycles. The fourth-order valence-electron chi connectivity index (χ4n) is 1.78. The van der Waals surface area contributed by atoms with Crippen LogP contribution in [0, 0.1) is 5.92 Å². The molecular weight excluding hydrogens is 192 g/mol. The molecule has 0 saturated carbocycles. The van der Waals surface area contributed by atoms with Gasteiger partial charge in [-0.05, 0) is 18.6 Å². The molecule has 2 heterocycles. The molecular formula is C11H12N2O2. The Kier molecular flexibility index (Phi) is 2.49. The molecule has 1 aromatic rings. The van der Waals surface area contributed by atoms with Gasteiger partial charge in [0.1, 0.15) is 5.92 Å². The maximum atomic E-state index is 11.9. The molecule has 0 N–H and O–H groups in total. The van der Waals surface area contributed by atoms with Gasteiger partial charge in [0.05, 0.1) is 0 Å².